The van der Waals surface area contributed by atoms with E-state index in [4.69, 9.17) is 9.84 Å². The summed E-state index contributed by atoms with van der Waals surface area (Å²) in [6.07, 6.45) is 0.505. The maximum Gasteiger partial charge on any atom is 0.308 e. The van der Waals surface area contributed by atoms with Gasteiger partial charge in [-0.05, 0) is 44.5 Å². The summed E-state index contributed by atoms with van der Waals surface area (Å²) in [6.45, 7) is 5.10. The lowest BCUT2D eigenvalue weighted by Gasteiger charge is -2.14. The van der Waals surface area contributed by atoms with Crippen LogP contribution < -0.4 is 4.74 Å². The summed E-state index contributed by atoms with van der Waals surface area (Å²) in [5.74, 6) is -0.641. The SMILES string of the molecule is CCOc1ccc(-c2nc(C)c(C(=O)N3CCC(C(=O)O)C3)s2)cc1. The van der Waals surface area contributed by atoms with Crippen molar-refractivity contribution in [1.29, 1.82) is 0 Å². The summed E-state index contributed by atoms with van der Waals surface area (Å²) in [5.41, 5.74) is 1.61. The van der Waals surface area contributed by atoms with Crippen molar-refractivity contribution in [3.05, 3.63) is 34.8 Å². The van der Waals surface area contributed by atoms with Gasteiger partial charge in [0.05, 0.1) is 18.2 Å². The number of carboxylic acid groups (broad SMARTS) is 1. The Bertz CT molecular complexity index is 785. The number of amides is 1. The van der Waals surface area contributed by atoms with Gasteiger partial charge in [0.2, 0.25) is 0 Å². The highest BCUT2D eigenvalue weighted by Gasteiger charge is 2.32. The number of aliphatic carboxylic acids is 1. The van der Waals surface area contributed by atoms with Crippen LogP contribution >= 0.6 is 11.3 Å². The third-order valence-electron chi connectivity index (χ3n) is 4.23. The van der Waals surface area contributed by atoms with E-state index in [2.05, 4.69) is 4.98 Å². The number of nitrogens with zero attached hydrogens (tertiary/aromatic N) is 2. The van der Waals surface area contributed by atoms with Gasteiger partial charge in [-0.25, -0.2) is 4.98 Å². The second-order valence-electron chi connectivity index (χ2n) is 5.97. The van der Waals surface area contributed by atoms with E-state index >= 15 is 0 Å². The summed E-state index contributed by atoms with van der Waals surface area (Å²) in [7, 11) is 0. The van der Waals surface area contributed by atoms with Gasteiger partial charge in [-0.3, -0.25) is 9.59 Å². The Kier molecular flexibility index (Phi) is 5.03. The standard InChI is InChI=1S/C18H20N2O4S/c1-3-24-14-6-4-12(5-7-14)16-19-11(2)15(25-16)17(21)20-9-8-13(10-20)18(22)23/h4-7,13H,3,8-10H2,1-2H3,(H,22,23). The summed E-state index contributed by atoms with van der Waals surface area (Å²) < 4.78 is 5.43. The number of benzene rings is 1. The lowest BCUT2D eigenvalue weighted by Crippen LogP contribution is -2.29. The summed E-state index contributed by atoms with van der Waals surface area (Å²) in [5, 5.41) is 9.87. The van der Waals surface area contributed by atoms with Gasteiger partial charge < -0.3 is 14.7 Å². The minimum atomic E-state index is -0.841. The van der Waals surface area contributed by atoms with E-state index in [0.717, 1.165) is 16.3 Å². The number of likely N-dealkylation sites (tertiary alicyclic amines) is 1. The highest BCUT2D eigenvalue weighted by atomic mass is 32.1. The molecule has 1 atom stereocenters. The topological polar surface area (TPSA) is 79.7 Å². The van der Waals surface area contributed by atoms with E-state index in [0.29, 0.717) is 30.1 Å². The molecule has 1 aromatic heterocycles. The molecule has 2 heterocycles. The molecule has 1 aromatic carbocycles. The van der Waals surface area contributed by atoms with E-state index in [1.54, 1.807) is 4.90 Å². The first kappa shape index (κ1) is 17.4. The Morgan fingerprint density at radius 2 is 2.08 bits per heavy atom. The first-order chi connectivity index (χ1) is 12.0. The predicted molar refractivity (Wildman–Crippen MR) is 95.1 cm³/mol. The second-order valence-corrected chi connectivity index (χ2v) is 6.97. The molecule has 132 valence electrons. The van der Waals surface area contributed by atoms with Gasteiger partial charge in [0.1, 0.15) is 15.6 Å². The van der Waals surface area contributed by atoms with E-state index < -0.39 is 11.9 Å². The van der Waals surface area contributed by atoms with E-state index in [1.165, 1.54) is 11.3 Å². The van der Waals surface area contributed by atoms with Crippen molar-refractivity contribution >= 4 is 23.2 Å². The monoisotopic (exact) mass is 360 g/mol. The fourth-order valence-corrected chi connectivity index (χ4v) is 3.91. The van der Waals surface area contributed by atoms with Crippen molar-refractivity contribution in [2.75, 3.05) is 19.7 Å². The molecule has 3 rings (SSSR count). The van der Waals surface area contributed by atoms with Crippen molar-refractivity contribution in [3.8, 4) is 16.3 Å². The Balaban J connectivity index is 1.78. The molecule has 1 unspecified atom stereocenters. The molecule has 0 spiro atoms. The zero-order chi connectivity index (χ0) is 18.0. The third kappa shape index (κ3) is 3.66. The molecule has 6 nitrogen and oxygen atoms in total. The Morgan fingerprint density at radius 3 is 2.68 bits per heavy atom. The van der Waals surface area contributed by atoms with E-state index in [1.807, 2.05) is 38.1 Å². The highest BCUT2D eigenvalue weighted by Crippen LogP contribution is 2.31. The van der Waals surface area contributed by atoms with Crippen LogP contribution in [0.15, 0.2) is 24.3 Å². The zero-order valence-electron chi connectivity index (χ0n) is 14.2. The number of carbonyl (C=O) groups excluding carboxylic acids is 1. The molecule has 0 bridgehead atoms. The number of ether oxygens (including phenoxy) is 1. The van der Waals surface area contributed by atoms with Gasteiger partial charge in [0, 0.05) is 18.7 Å². The number of rotatable bonds is 5. The van der Waals surface area contributed by atoms with Crippen molar-refractivity contribution in [3.63, 3.8) is 0 Å². The van der Waals surface area contributed by atoms with Gasteiger partial charge in [-0.2, -0.15) is 0 Å². The van der Waals surface area contributed by atoms with E-state index in [9.17, 15) is 9.59 Å². The van der Waals surface area contributed by atoms with Crippen LogP contribution in [-0.4, -0.2) is 46.6 Å². The number of carboxylic acids is 1. The number of carbonyl (C=O) groups is 2. The molecule has 0 radical (unpaired) electrons. The fourth-order valence-electron chi connectivity index (χ4n) is 2.87. The van der Waals surface area contributed by atoms with Crippen LogP contribution in [0.4, 0.5) is 0 Å². The maximum atomic E-state index is 12.7. The number of thiazole rings is 1. The summed E-state index contributed by atoms with van der Waals surface area (Å²) in [4.78, 5) is 30.5. The van der Waals surface area contributed by atoms with Crippen molar-refractivity contribution in [2.24, 2.45) is 5.92 Å². The molecule has 7 heteroatoms. The number of hydrogen-bond acceptors (Lipinski definition) is 5. The van der Waals surface area contributed by atoms with Crippen LogP contribution in [-0.2, 0) is 4.79 Å². The predicted octanol–water partition coefficient (Wildman–Crippen LogP) is 3.06. The zero-order valence-corrected chi connectivity index (χ0v) is 15.0. The smallest absolute Gasteiger partial charge is 0.308 e. The quantitative estimate of drug-likeness (QED) is 0.886. The van der Waals surface area contributed by atoms with Crippen LogP contribution in [0.25, 0.3) is 10.6 Å². The van der Waals surface area contributed by atoms with Crippen LogP contribution in [0, 0.1) is 12.8 Å². The highest BCUT2D eigenvalue weighted by molar-refractivity contribution is 7.17. The third-order valence-corrected chi connectivity index (χ3v) is 5.42. The average molecular weight is 360 g/mol. The fraction of sp³-hybridized carbons (Fsp3) is 0.389. The van der Waals surface area contributed by atoms with Crippen LogP contribution in [0.2, 0.25) is 0 Å². The first-order valence-electron chi connectivity index (χ1n) is 8.22. The van der Waals surface area contributed by atoms with Gasteiger partial charge >= 0.3 is 5.97 Å². The lowest BCUT2D eigenvalue weighted by atomic mass is 10.1. The molecule has 2 aromatic rings. The van der Waals surface area contributed by atoms with Gasteiger partial charge in [-0.1, -0.05) is 0 Å². The minimum Gasteiger partial charge on any atom is -0.494 e. The largest absolute Gasteiger partial charge is 0.494 e. The van der Waals surface area contributed by atoms with Gasteiger partial charge in [0.25, 0.3) is 5.91 Å². The van der Waals surface area contributed by atoms with Crippen molar-refractivity contribution in [1.82, 2.24) is 9.88 Å². The summed E-state index contributed by atoms with van der Waals surface area (Å²) >= 11 is 1.35. The lowest BCUT2D eigenvalue weighted by molar-refractivity contribution is -0.141. The molecule has 0 saturated carbocycles. The molecular formula is C18H20N2O4S. The molecule has 1 N–H and O–H groups in total. The van der Waals surface area contributed by atoms with E-state index in [-0.39, 0.29) is 12.5 Å². The molecular weight excluding hydrogens is 340 g/mol. The molecule has 1 fully saturated rings. The number of aryl methyl sites for hydroxylation is 1. The number of aromatic nitrogens is 1. The maximum absolute atomic E-state index is 12.7. The van der Waals surface area contributed by atoms with Crippen LogP contribution in [0.5, 0.6) is 5.75 Å². The van der Waals surface area contributed by atoms with Crippen molar-refractivity contribution < 1.29 is 19.4 Å². The first-order valence-corrected chi connectivity index (χ1v) is 9.04. The van der Waals surface area contributed by atoms with Gasteiger partial charge in [0.15, 0.2) is 0 Å². The molecule has 1 amide bonds. The molecule has 25 heavy (non-hydrogen) atoms. The molecule has 1 aliphatic heterocycles. The van der Waals surface area contributed by atoms with Crippen LogP contribution in [0.3, 0.4) is 0 Å². The Hall–Kier alpha value is -2.41. The molecule has 1 aliphatic rings. The molecule has 1 saturated heterocycles. The Labute approximate surface area is 150 Å². The molecule has 0 aliphatic carbocycles. The number of hydrogen-bond donors (Lipinski definition) is 1. The summed E-state index contributed by atoms with van der Waals surface area (Å²) in [6, 6.07) is 7.62. The Morgan fingerprint density at radius 1 is 1.36 bits per heavy atom. The second kappa shape index (κ2) is 7.23. The van der Waals surface area contributed by atoms with Gasteiger partial charge in [-0.15, -0.1) is 11.3 Å². The normalized spacial score (nSPS) is 16.9. The average Bonchev–Trinajstić information content (AvgIpc) is 3.22. The van der Waals surface area contributed by atoms with Crippen LogP contribution in [0.1, 0.15) is 28.7 Å². The minimum absolute atomic E-state index is 0.129. The van der Waals surface area contributed by atoms with Crippen molar-refractivity contribution in [2.45, 2.75) is 20.3 Å².